The molecule has 5 rings (SSSR count). The van der Waals surface area contributed by atoms with Crippen LogP contribution in [0.15, 0.2) is 41.4 Å². The summed E-state index contributed by atoms with van der Waals surface area (Å²) in [6, 6.07) is 14.8. The molecule has 1 aliphatic heterocycles. The number of ether oxygens (including phenoxy) is 2. The quantitative estimate of drug-likeness (QED) is 0.819. The van der Waals surface area contributed by atoms with E-state index in [9.17, 15) is 5.26 Å². The number of nitriles is 1. The van der Waals surface area contributed by atoms with Gasteiger partial charge < -0.3 is 15.2 Å². The third-order valence-corrected chi connectivity index (χ3v) is 7.20. The zero-order valence-electron chi connectivity index (χ0n) is 17.4. The van der Waals surface area contributed by atoms with Crippen LogP contribution in [-0.4, -0.2) is 19.7 Å². The number of methoxy groups -OCH3 is 1. The molecule has 1 saturated carbocycles. The molecular formula is C25H27N3O2. The Morgan fingerprint density at radius 1 is 1.13 bits per heavy atom. The van der Waals surface area contributed by atoms with E-state index in [1.54, 1.807) is 13.2 Å². The summed E-state index contributed by atoms with van der Waals surface area (Å²) in [6.45, 7) is 0.526. The van der Waals surface area contributed by atoms with Crippen LogP contribution in [-0.2, 0) is 16.7 Å². The monoisotopic (exact) mass is 401 g/mol. The number of hydrogen-bond donors (Lipinski definition) is 1. The third kappa shape index (κ3) is 3.02. The molecule has 1 heterocycles. The Hall–Kier alpha value is -3.00. The van der Waals surface area contributed by atoms with Crippen LogP contribution in [0.4, 0.5) is 0 Å². The van der Waals surface area contributed by atoms with Gasteiger partial charge in [0.1, 0.15) is 17.9 Å². The first-order valence-electron chi connectivity index (χ1n) is 10.8. The largest absolute Gasteiger partial charge is 0.497 e. The average molecular weight is 402 g/mol. The van der Waals surface area contributed by atoms with Crippen molar-refractivity contribution in [1.29, 1.82) is 5.26 Å². The van der Waals surface area contributed by atoms with E-state index in [0.717, 1.165) is 17.5 Å². The van der Waals surface area contributed by atoms with E-state index in [2.05, 4.69) is 24.3 Å². The van der Waals surface area contributed by atoms with Gasteiger partial charge in [-0.3, -0.25) is 0 Å². The highest BCUT2D eigenvalue weighted by atomic mass is 16.5. The summed E-state index contributed by atoms with van der Waals surface area (Å²) in [6.07, 6.45) is 7.52. The number of amidine groups is 1. The maximum Gasteiger partial charge on any atom is 0.283 e. The minimum Gasteiger partial charge on any atom is -0.497 e. The molecule has 30 heavy (non-hydrogen) atoms. The fourth-order valence-electron chi connectivity index (χ4n) is 5.76. The standard InChI is InChI=1S/C25H27N3O2/c1-29-21-10-16(14-26)9-20(11-21)18-7-8-19-13-22(17-5-3-2-4-6-17)25(23(19)12-18)15-30-24(27)28-25/h7-12,17,22H,2-6,13,15H2,1H3,(H2,27,28). The van der Waals surface area contributed by atoms with Crippen molar-refractivity contribution in [2.24, 2.45) is 22.6 Å². The Labute approximate surface area is 177 Å². The lowest BCUT2D eigenvalue weighted by atomic mass is 9.71. The van der Waals surface area contributed by atoms with Gasteiger partial charge in [-0.25, -0.2) is 4.99 Å². The van der Waals surface area contributed by atoms with Gasteiger partial charge in [-0.15, -0.1) is 0 Å². The van der Waals surface area contributed by atoms with E-state index in [1.165, 1.54) is 43.2 Å². The number of benzene rings is 2. The molecular weight excluding hydrogens is 374 g/mol. The van der Waals surface area contributed by atoms with Crippen LogP contribution in [0.1, 0.15) is 48.8 Å². The van der Waals surface area contributed by atoms with Gasteiger partial charge in [-0.2, -0.15) is 5.26 Å². The van der Waals surface area contributed by atoms with Crippen molar-refractivity contribution in [3.8, 4) is 22.9 Å². The molecule has 1 spiro atoms. The van der Waals surface area contributed by atoms with Gasteiger partial charge in [0.05, 0.1) is 18.7 Å². The second kappa shape index (κ2) is 7.36. The minimum absolute atomic E-state index is 0.308. The minimum atomic E-state index is -0.381. The first-order valence-corrected chi connectivity index (χ1v) is 10.8. The highest BCUT2D eigenvalue weighted by Crippen LogP contribution is 2.53. The smallest absolute Gasteiger partial charge is 0.283 e. The Morgan fingerprint density at radius 3 is 2.67 bits per heavy atom. The second-order valence-corrected chi connectivity index (χ2v) is 8.81. The molecule has 0 amide bonds. The van der Waals surface area contributed by atoms with Crippen LogP contribution in [0.25, 0.3) is 11.1 Å². The molecule has 2 N–H and O–H groups in total. The first kappa shape index (κ1) is 19.0. The highest BCUT2D eigenvalue weighted by Gasteiger charge is 2.53. The SMILES string of the molecule is COc1cc(C#N)cc(-c2ccc3c(c2)C2(COC(N)=N2)C(C2CCCCC2)C3)c1. The molecule has 5 heteroatoms. The van der Waals surface area contributed by atoms with Crippen molar-refractivity contribution in [3.63, 3.8) is 0 Å². The summed E-state index contributed by atoms with van der Waals surface area (Å²) < 4.78 is 11.2. The molecule has 2 aromatic rings. The van der Waals surface area contributed by atoms with Crippen LogP contribution < -0.4 is 10.5 Å². The summed E-state index contributed by atoms with van der Waals surface area (Å²) in [4.78, 5) is 4.91. The van der Waals surface area contributed by atoms with Crippen LogP contribution in [0, 0.1) is 23.2 Å². The van der Waals surface area contributed by atoms with Gasteiger partial charge in [0.15, 0.2) is 0 Å². The Bertz CT molecular complexity index is 1050. The van der Waals surface area contributed by atoms with E-state index in [0.29, 0.717) is 35.8 Å². The zero-order valence-corrected chi connectivity index (χ0v) is 17.4. The fourth-order valence-corrected chi connectivity index (χ4v) is 5.76. The molecule has 3 aliphatic rings. The Kier molecular flexibility index (Phi) is 4.66. The number of nitrogens with zero attached hydrogens (tertiary/aromatic N) is 2. The lowest BCUT2D eigenvalue weighted by Crippen LogP contribution is -2.37. The van der Waals surface area contributed by atoms with Gasteiger partial charge >= 0.3 is 0 Å². The Balaban J connectivity index is 1.60. The molecule has 2 aromatic carbocycles. The maximum absolute atomic E-state index is 9.41. The lowest BCUT2D eigenvalue weighted by Gasteiger charge is -2.36. The average Bonchev–Trinajstić information content (AvgIpc) is 3.34. The molecule has 154 valence electrons. The molecule has 0 saturated heterocycles. The van der Waals surface area contributed by atoms with Crippen LogP contribution in [0.5, 0.6) is 5.75 Å². The summed E-state index contributed by atoms with van der Waals surface area (Å²) in [7, 11) is 1.63. The van der Waals surface area contributed by atoms with Gasteiger partial charge in [0.25, 0.3) is 6.02 Å². The molecule has 0 bridgehead atoms. The fraction of sp³-hybridized carbons (Fsp3) is 0.440. The van der Waals surface area contributed by atoms with E-state index in [-0.39, 0.29) is 5.54 Å². The molecule has 2 atom stereocenters. The maximum atomic E-state index is 9.41. The van der Waals surface area contributed by atoms with Crippen molar-refractivity contribution >= 4 is 6.02 Å². The molecule has 0 aromatic heterocycles. The molecule has 5 nitrogen and oxygen atoms in total. The molecule has 0 radical (unpaired) electrons. The van der Waals surface area contributed by atoms with Gasteiger partial charge in [0, 0.05) is 0 Å². The number of fused-ring (bicyclic) bond motifs is 2. The zero-order chi connectivity index (χ0) is 20.7. The normalized spacial score (nSPS) is 25.5. The van der Waals surface area contributed by atoms with Crippen molar-refractivity contribution in [3.05, 3.63) is 53.1 Å². The summed E-state index contributed by atoms with van der Waals surface area (Å²) in [5.74, 6) is 1.78. The van der Waals surface area contributed by atoms with Crippen LogP contribution in [0.2, 0.25) is 0 Å². The number of aliphatic imine (C=N–C) groups is 1. The summed E-state index contributed by atoms with van der Waals surface area (Å²) in [5.41, 5.74) is 10.9. The molecule has 2 aliphatic carbocycles. The van der Waals surface area contributed by atoms with Crippen molar-refractivity contribution in [2.45, 2.75) is 44.1 Å². The van der Waals surface area contributed by atoms with Crippen molar-refractivity contribution in [2.75, 3.05) is 13.7 Å². The van der Waals surface area contributed by atoms with E-state index >= 15 is 0 Å². The number of hydrogen-bond acceptors (Lipinski definition) is 5. The Morgan fingerprint density at radius 2 is 1.97 bits per heavy atom. The lowest BCUT2D eigenvalue weighted by molar-refractivity contribution is 0.131. The van der Waals surface area contributed by atoms with E-state index < -0.39 is 0 Å². The van der Waals surface area contributed by atoms with E-state index in [1.807, 2.05) is 12.1 Å². The number of nitrogens with two attached hydrogens (primary N) is 1. The molecule has 2 unspecified atom stereocenters. The second-order valence-electron chi connectivity index (χ2n) is 8.81. The van der Waals surface area contributed by atoms with Gasteiger partial charge in [0.2, 0.25) is 0 Å². The summed E-state index contributed by atoms with van der Waals surface area (Å²) >= 11 is 0. The third-order valence-electron chi connectivity index (χ3n) is 7.20. The topological polar surface area (TPSA) is 80.6 Å². The summed E-state index contributed by atoms with van der Waals surface area (Å²) in [5, 5.41) is 9.41. The predicted octanol–water partition coefficient (Wildman–Crippen LogP) is 4.53. The van der Waals surface area contributed by atoms with E-state index in [4.69, 9.17) is 20.2 Å². The van der Waals surface area contributed by atoms with Crippen molar-refractivity contribution < 1.29 is 9.47 Å². The van der Waals surface area contributed by atoms with Crippen molar-refractivity contribution in [1.82, 2.24) is 0 Å². The number of rotatable bonds is 3. The predicted molar refractivity (Wildman–Crippen MR) is 116 cm³/mol. The van der Waals surface area contributed by atoms with Crippen LogP contribution >= 0.6 is 0 Å². The van der Waals surface area contributed by atoms with Gasteiger partial charge in [-0.05, 0) is 64.8 Å². The molecule has 1 fully saturated rings. The highest BCUT2D eigenvalue weighted by molar-refractivity contribution is 5.76. The van der Waals surface area contributed by atoms with Crippen LogP contribution in [0.3, 0.4) is 0 Å². The van der Waals surface area contributed by atoms with Gasteiger partial charge in [-0.1, -0.05) is 44.2 Å². The first-order chi connectivity index (χ1) is 14.6.